The summed E-state index contributed by atoms with van der Waals surface area (Å²) in [4.78, 5) is 2.47. The molecule has 0 amide bonds. The maximum atomic E-state index is 6.55. The first-order chi connectivity index (χ1) is 7.99. The Morgan fingerprint density at radius 1 is 1.24 bits per heavy atom. The van der Waals surface area contributed by atoms with Gasteiger partial charge in [0.15, 0.2) is 0 Å². The molecule has 2 aromatic rings. The quantitative estimate of drug-likeness (QED) is 0.574. The molecule has 90 valence electrons. The number of halogens is 3. The van der Waals surface area contributed by atoms with Crippen LogP contribution < -0.4 is 0 Å². The Morgan fingerprint density at radius 3 is 2.53 bits per heavy atom. The van der Waals surface area contributed by atoms with Gasteiger partial charge in [-0.15, -0.1) is 22.9 Å². The molecule has 0 saturated heterocycles. The number of hydrogen-bond donors (Lipinski definition) is 0. The van der Waals surface area contributed by atoms with Gasteiger partial charge in [-0.25, -0.2) is 0 Å². The summed E-state index contributed by atoms with van der Waals surface area (Å²) in [5.41, 5.74) is 2.25. The van der Waals surface area contributed by atoms with E-state index in [4.69, 9.17) is 23.2 Å². The summed E-state index contributed by atoms with van der Waals surface area (Å²) in [5, 5.41) is 0.557. The van der Waals surface area contributed by atoms with E-state index in [9.17, 15) is 0 Å². The molecule has 0 nitrogen and oxygen atoms in total. The van der Waals surface area contributed by atoms with Crippen LogP contribution in [0.15, 0.2) is 28.7 Å². The predicted octanol–water partition coefficient (Wildman–Crippen LogP) is 6.11. The molecule has 0 aliphatic heterocycles. The van der Waals surface area contributed by atoms with E-state index < -0.39 is 0 Å². The van der Waals surface area contributed by atoms with Crippen LogP contribution in [-0.4, -0.2) is 0 Å². The van der Waals surface area contributed by atoms with Crippen molar-refractivity contribution in [2.45, 2.75) is 19.2 Å². The fourth-order valence-corrected chi connectivity index (χ4v) is 4.07. The summed E-state index contributed by atoms with van der Waals surface area (Å²) in [5.74, 6) is 0. The predicted molar refractivity (Wildman–Crippen MR) is 80.6 cm³/mol. The molecule has 1 aromatic carbocycles. The highest BCUT2D eigenvalue weighted by atomic mass is 79.9. The van der Waals surface area contributed by atoms with Crippen LogP contribution in [0.25, 0.3) is 0 Å². The summed E-state index contributed by atoms with van der Waals surface area (Å²) in [6.07, 6.45) is 0. The lowest BCUT2D eigenvalue weighted by molar-refractivity contribution is 1.15. The largest absolute Gasteiger partial charge is 0.143 e. The van der Waals surface area contributed by atoms with Crippen LogP contribution in [0.2, 0.25) is 5.02 Å². The third-order valence-electron chi connectivity index (χ3n) is 2.54. The van der Waals surface area contributed by atoms with Gasteiger partial charge in [-0.3, -0.25) is 0 Å². The lowest BCUT2D eigenvalue weighted by Gasteiger charge is -2.12. The van der Waals surface area contributed by atoms with Crippen LogP contribution in [-0.2, 0) is 0 Å². The van der Waals surface area contributed by atoms with Crippen molar-refractivity contribution in [3.63, 3.8) is 0 Å². The summed E-state index contributed by atoms with van der Waals surface area (Å²) in [7, 11) is 0. The summed E-state index contributed by atoms with van der Waals surface area (Å²) in [6, 6.07) is 7.86. The maximum Gasteiger partial charge on any atom is 0.0941 e. The number of rotatable bonds is 2. The highest BCUT2D eigenvalue weighted by Gasteiger charge is 2.18. The molecule has 1 heterocycles. The first kappa shape index (κ1) is 13.4. The Balaban J connectivity index is 2.46. The number of benzene rings is 1. The third kappa shape index (κ3) is 2.87. The molecular weight excluding hydrogens is 339 g/mol. The van der Waals surface area contributed by atoms with Crippen LogP contribution in [0.3, 0.4) is 0 Å². The fourth-order valence-electron chi connectivity index (χ4n) is 1.76. The molecule has 2 rings (SSSR count). The van der Waals surface area contributed by atoms with Crippen LogP contribution >= 0.6 is 50.5 Å². The summed E-state index contributed by atoms with van der Waals surface area (Å²) in [6.45, 7) is 4.18. The molecule has 1 unspecified atom stereocenters. The Morgan fingerprint density at radius 2 is 1.94 bits per heavy atom. The minimum absolute atomic E-state index is 0.151. The van der Waals surface area contributed by atoms with E-state index in [-0.39, 0.29) is 5.38 Å². The Kier molecular flexibility index (Phi) is 4.19. The Hall–Kier alpha value is -0.0200. The smallest absolute Gasteiger partial charge is 0.0941 e. The van der Waals surface area contributed by atoms with Crippen molar-refractivity contribution in [2.24, 2.45) is 0 Å². The highest BCUT2D eigenvalue weighted by molar-refractivity contribution is 9.10. The second kappa shape index (κ2) is 5.31. The number of thiophene rings is 1. The van der Waals surface area contributed by atoms with E-state index in [1.165, 1.54) is 15.3 Å². The first-order valence-electron chi connectivity index (χ1n) is 5.15. The molecule has 1 atom stereocenters. The van der Waals surface area contributed by atoms with Gasteiger partial charge < -0.3 is 0 Å². The molecule has 4 heteroatoms. The number of hydrogen-bond acceptors (Lipinski definition) is 1. The first-order valence-corrected chi connectivity index (χ1v) is 7.57. The number of alkyl halides is 1. The van der Waals surface area contributed by atoms with E-state index in [0.29, 0.717) is 5.02 Å². The van der Waals surface area contributed by atoms with E-state index in [0.717, 1.165) is 10.0 Å². The maximum absolute atomic E-state index is 6.55. The lowest BCUT2D eigenvalue weighted by atomic mass is 10.1. The van der Waals surface area contributed by atoms with Crippen molar-refractivity contribution < 1.29 is 0 Å². The van der Waals surface area contributed by atoms with Gasteiger partial charge in [-0.1, -0.05) is 27.5 Å². The van der Waals surface area contributed by atoms with Gasteiger partial charge in [0.25, 0.3) is 0 Å². The van der Waals surface area contributed by atoms with Crippen molar-refractivity contribution >= 4 is 50.5 Å². The van der Waals surface area contributed by atoms with E-state index in [1.807, 2.05) is 18.2 Å². The normalized spacial score (nSPS) is 12.8. The average Bonchev–Trinajstić information content (AvgIpc) is 2.60. The molecule has 0 fully saturated rings. The second-order valence-electron chi connectivity index (χ2n) is 3.93. The zero-order valence-corrected chi connectivity index (χ0v) is 13.3. The SMILES string of the molecule is Cc1cc(C)c(C(Cl)c2cc(Cl)ccc2Br)s1. The second-order valence-corrected chi connectivity index (χ2v) is 6.95. The molecule has 0 spiro atoms. The van der Waals surface area contributed by atoms with Crippen molar-refractivity contribution in [2.75, 3.05) is 0 Å². The van der Waals surface area contributed by atoms with Gasteiger partial charge in [-0.05, 0) is 49.2 Å². The molecule has 0 bridgehead atoms. The molecule has 0 aliphatic carbocycles. The lowest BCUT2D eigenvalue weighted by Crippen LogP contribution is -1.93. The molecular formula is C13H11BrCl2S. The van der Waals surface area contributed by atoms with Gasteiger partial charge in [0.05, 0.1) is 5.38 Å². The molecule has 1 aromatic heterocycles. The number of aryl methyl sites for hydroxylation is 2. The van der Waals surface area contributed by atoms with E-state index in [1.54, 1.807) is 11.3 Å². The fraction of sp³-hybridized carbons (Fsp3) is 0.231. The summed E-state index contributed by atoms with van der Waals surface area (Å²) < 4.78 is 0.993. The van der Waals surface area contributed by atoms with Gasteiger partial charge in [0.2, 0.25) is 0 Å². The van der Waals surface area contributed by atoms with Crippen LogP contribution in [0.1, 0.15) is 26.3 Å². The van der Waals surface area contributed by atoms with Crippen LogP contribution in [0, 0.1) is 13.8 Å². The van der Waals surface area contributed by atoms with E-state index >= 15 is 0 Å². The van der Waals surface area contributed by atoms with E-state index in [2.05, 4.69) is 35.8 Å². The monoisotopic (exact) mass is 348 g/mol. The highest BCUT2D eigenvalue weighted by Crippen LogP contribution is 2.40. The zero-order chi connectivity index (χ0) is 12.6. The molecule has 0 N–H and O–H groups in total. The Bertz CT molecular complexity index is 548. The Labute approximate surface area is 124 Å². The van der Waals surface area contributed by atoms with Gasteiger partial charge in [-0.2, -0.15) is 0 Å². The molecule has 17 heavy (non-hydrogen) atoms. The van der Waals surface area contributed by atoms with Gasteiger partial charge in [0, 0.05) is 19.2 Å². The topological polar surface area (TPSA) is 0 Å². The zero-order valence-electron chi connectivity index (χ0n) is 9.43. The molecule has 0 aliphatic rings. The van der Waals surface area contributed by atoms with Crippen LogP contribution in [0.4, 0.5) is 0 Å². The minimum Gasteiger partial charge on any atom is -0.143 e. The van der Waals surface area contributed by atoms with Gasteiger partial charge >= 0.3 is 0 Å². The van der Waals surface area contributed by atoms with Crippen LogP contribution in [0.5, 0.6) is 0 Å². The third-order valence-corrected chi connectivity index (χ3v) is 5.30. The summed E-state index contributed by atoms with van der Waals surface area (Å²) >= 11 is 17.8. The van der Waals surface area contributed by atoms with Crippen molar-refractivity contribution in [1.29, 1.82) is 0 Å². The van der Waals surface area contributed by atoms with Crippen molar-refractivity contribution in [1.82, 2.24) is 0 Å². The minimum atomic E-state index is -0.151. The molecule has 0 saturated carbocycles. The molecule has 0 radical (unpaired) electrons. The van der Waals surface area contributed by atoms with Crippen molar-refractivity contribution in [3.05, 3.63) is 54.6 Å². The standard InChI is InChI=1S/C13H11BrCl2S/c1-7-5-8(2)17-13(7)12(16)10-6-9(15)3-4-11(10)14/h3-6,12H,1-2H3. The van der Waals surface area contributed by atoms with Crippen molar-refractivity contribution in [3.8, 4) is 0 Å². The van der Waals surface area contributed by atoms with Gasteiger partial charge in [0.1, 0.15) is 0 Å². The average molecular weight is 350 g/mol.